The standard InChI is InChI=1S/C17H23NO2/c19-17(20)9-15-3-1-2-4-16(15)12-18(10-13-5-6-13)11-14-7-8-14/h1-4,13-14H,5-12H2,(H,19,20). The first-order valence-corrected chi connectivity index (χ1v) is 7.71. The van der Waals surface area contributed by atoms with Crippen LogP contribution in [0.3, 0.4) is 0 Å². The molecule has 2 saturated carbocycles. The maximum Gasteiger partial charge on any atom is 0.307 e. The molecule has 3 heteroatoms. The van der Waals surface area contributed by atoms with Gasteiger partial charge in [0.1, 0.15) is 0 Å². The molecule has 2 fully saturated rings. The molecule has 0 spiro atoms. The summed E-state index contributed by atoms with van der Waals surface area (Å²) in [5.41, 5.74) is 2.16. The minimum atomic E-state index is -0.742. The molecule has 2 aliphatic carbocycles. The zero-order valence-corrected chi connectivity index (χ0v) is 11.9. The minimum absolute atomic E-state index is 0.136. The lowest BCUT2D eigenvalue weighted by molar-refractivity contribution is -0.136. The number of rotatable bonds is 8. The monoisotopic (exact) mass is 273 g/mol. The van der Waals surface area contributed by atoms with E-state index in [1.54, 1.807) is 0 Å². The summed E-state index contributed by atoms with van der Waals surface area (Å²) < 4.78 is 0. The molecule has 0 saturated heterocycles. The number of nitrogens with zero attached hydrogens (tertiary/aromatic N) is 1. The lowest BCUT2D eigenvalue weighted by Gasteiger charge is -2.23. The van der Waals surface area contributed by atoms with Crippen molar-refractivity contribution in [2.24, 2.45) is 11.8 Å². The third-order valence-electron chi connectivity index (χ3n) is 4.28. The fourth-order valence-electron chi connectivity index (χ4n) is 2.82. The first kappa shape index (κ1) is 13.6. The highest BCUT2D eigenvalue weighted by Crippen LogP contribution is 2.34. The van der Waals surface area contributed by atoms with Crippen molar-refractivity contribution < 1.29 is 9.90 Å². The van der Waals surface area contributed by atoms with Crippen molar-refractivity contribution >= 4 is 5.97 Å². The number of benzene rings is 1. The molecule has 1 aromatic carbocycles. The van der Waals surface area contributed by atoms with Gasteiger partial charge in [0.2, 0.25) is 0 Å². The van der Waals surface area contributed by atoms with Crippen LogP contribution in [-0.2, 0) is 17.8 Å². The predicted molar refractivity (Wildman–Crippen MR) is 78.5 cm³/mol. The van der Waals surface area contributed by atoms with E-state index in [9.17, 15) is 4.79 Å². The molecule has 2 aliphatic rings. The van der Waals surface area contributed by atoms with Gasteiger partial charge in [0.25, 0.3) is 0 Å². The van der Waals surface area contributed by atoms with Crippen LogP contribution in [0.4, 0.5) is 0 Å². The Kier molecular flexibility index (Phi) is 4.06. The Morgan fingerprint density at radius 2 is 1.60 bits per heavy atom. The molecule has 0 radical (unpaired) electrons. The van der Waals surface area contributed by atoms with Gasteiger partial charge in [-0.15, -0.1) is 0 Å². The Bertz CT molecular complexity index is 464. The van der Waals surface area contributed by atoms with Crippen LogP contribution in [0.2, 0.25) is 0 Å². The summed E-state index contributed by atoms with van der Waals surface area (Å²) in [4.78, 5) is 13.5. The number of hydrogen-bond acceptors (Lipinski definition) is 2. The summed E-state index contributed by atoms with van der Waals surface area (Å²) in [5.74, 6) is 1.04. The van der Waals surface area contributed by atoms with Crippen LogP contribution >= 0.6 is 0 Å². The predicted octanol–water partition coefficient (Wildman–Crippen LogP) is 2.94. The second kappa shape index (κ2) is 5.96. The molecular formula is C17H23NO2. The number of hydrogen-bond donors (Lipinski definition) is 1. The van der Waals surface area contributed by atoms with Gasteiger partial charge in [-0.3, -0.25) is 9.69 Å². The van der Waals surface area contributed by atoms with Gasteiger partial charge in [-0.2, -0.15) is 0 Å². The quantitative estimate of drug-likeness (QED) is 0.791. The summed E-state index contributed by atoms with van der Waals surface area (Å²) in [6, 6.07) is 8.00. The second-order valence-corrected chi connectivity index (χ2v) is 6.42. The fraction of sp³-hybridized carbons (Fsp3) is 0.588. The van der Waals surface area contributed by atoms with E-state index >= 15 is 0 Å². The van der Waals surface area contributed by atoms with Crippen LogP contribution < -0.4 is 0 Å². The molecule has 1 aromatic rings. The molecule has 0 aromatic heterocycles. The van der Waals surface area contributed by atoms with Crippen LogP contribution in [-0.4, -0.2) is 29.1 Å². The average molecular weight is 273 g/mol. The van der Waals surface area contributed by atoms with Gasteiger partial charge in [0.05, 0.1) is 6.42 Å². The summed E-state index contributed by atoms with van der Waals surface area (Å²) in [7, 11) is 0. The second-order valence-electron chi connectivity index (χ2n) is 6.42. The third-order valence-corrected chi connectivity index (χ3v) is 4.28. The van der Waals surface area contributed by atoms with E-state index in [2.05, 4.69) is 11.0 Å². The molecule has 0 bridgehead atoms. The maximum absolute atomic E-state index is 11.0. The Labute approximate surface area is 120 Å². The number of carboxylic acid groups (broad SMARTS) is 1. The highest BCUT2D eigenvalue weighted by molar-refractivity contribution is 5.70. The minimum Gasteiger partial charge on any atom is -0.481 e. The fourth-order valence-corrected chi connectivity index (χ4v) is 2.82. The van der Waals surface area contributed by atoms with Crippen LogP contribution in [0, 0.1) is 11.8 Å². The summed E-state index contributed by atoms with van der Waals surface area (Å²) in [6.45, 7) is 3.30. The van der Waals surface area contributed by atoms with Crippen LogP contribution in [0.5, 0.6) is 0 Å². The topological polar surface area (TPSA) is 40.5 Å². The summed E-state index contributed by atoms with van der Waals surface area (Å²) in [6.07, 6.45) is 5.63. The first-order valence-electron chi connectivity index (χ1n) is 7.71. The molecule has 3 rings (SSSR count). The van der Waals surface area contributed by atoms with E-state index < -0.39 is 5.97 Å². The molecule has 0 heterocycles. The number of carboxylic acids is 1. The van der Waals surface area contributed by atoms with E-state index in [-0.39, 0.29) is 6.42 Å². The summed E-state index contributed by atoms with van der Waals surface area (Å²) in [5, 5.41) is 9.02. The highest BCUT2D eigenvalue weighted by Gasteiger charge is 2.29. The van der Waals surface area contributed by atoms with Crippen molar-refractivity contribution in [1.29, 1.82) is 0 Å². The van der Waals surface area contributed by atoms with Gasteiger partial charge in [-0.05, 0) is 48.6 Å². The Balaban J connectivity index is 1.67. The summed E-state index contributed by atoms with van der Waals surface area (Å²) >= 11 is 0. The van der Waals surface area contributed by atoms with E-state index in [0.717, 1.165) is 23.9 Å². The van der Waals surface area contributed by atoms with Crippen molar-refractivity contribution in [2.45, 2.75) is 38.6 Å². The smallest absolute Gasteiger partial charge is 0.307 e. The normalized spacial score (nSPS) is 18.4. The van der Waals surface area contributed by atoms with Gasteiger partial charge in [0.15, 0.2) is 0 Å². The largest absolute Gasteiger partial charge is 0.481 e. The van der Waals surface area contributed by atoms with Crippen molar-refractivity contribution in [2.75, 3.05) is 13.1 Å². The van der Waals surface area contributed by atoms with Crippen LogP contribution in [0.1, 0.15) is 36.8 Å². The van der Waals surface area contributed by atoms with Crippen LogP contribution in [0.25, 0.3) is 0 Å². The highest BCUT2D eigenvalue weighted by atomic mass is 16.4. The molecule has 0 amide bonds. The van der Waals surface area contributed by atoms with Gasteiger partial charge in [-0.25, -0.2) is 0 Å². The Morgan fingerprint density at radius 3 is 2.10 bits per heavy atom. The van der Waals surface area contributed by atoms with Crippen molar-refractivity contribution in [3.63, 3.8) is 0 Å². The van der Waals surface area contributed by atoms with Gasteiger partial charge < -0.3 is 5.11 Å². The third kappa shape index (κ3) is 4.07. The molecule has 3 nitrogen and oxygen atoms in total. The number of aliphatic carboxylic acids is 1. The van der Waals surface area contributed by atoms with E-state index in [1.807, 2.05) is 18.2 Å². The zero-order valence-electron chi connectivity index (χ0n) is 11.9. The number of carbonyl (C=O) groups is 1. The van der Waals surface area contributed by atoms with E-state index in [0.29, 0.717) is 0 Å². The molecule has 108 valence electrons. The molecular weight excluding hydrogens is 250 g/mol. The molecule has 0 aliphatic heterocycles. The first-order chi connectivity index (χ1) is 9.70. The van der Waals surface area contributed by atoms with Crippen molar-refractivity contribution in [3.8, 4) is 0 Å². The zero-order chi connectivity index (χ0) is 13.9. The lowest BCUT2D eigenvalue weighted by atomic mass is 10.0. The maximum atomic E-state index is 11.0. The van der Waals surface area contributed by atoms with Gasteiger partial charge >= 0.3 is 5.97 Å². The van der Waals surface area contributed by atoms with Crippen molar-refractivity contribution in [3.05, 3.63) is 35.4 Å². The Hall–Kier alpha value is -1.35. The van der Waals surface area contributed by atoms with Crippen LogP contribution in [0.15, 0.2) is 24.3 Å². The molecule has 1 N–H and O–H groups in total. The van der Waals surface area contributed by atoms with Crippen molar-refractivity contribution in [1.82, 2.24) is 4.90 Å². The lowest BCUT2D eigenvalue weighted by Crippen LogP contribution is -2.28. The van der Waals surface area contributed by atoms with Gasteiger partial charge in [-0.1, -0.05) is 24.3 Å². The molecule has 20 heavy (non-hydrogen) atoms. The van der Waals surface area contributed by atoms with E-state index in [4.69, 9.17) is 5.11 Å². The molecule has 0 unspecified atom stereocenters. The molecule has 0 atom stereocenters. The average Bonchev–Trinajstić information content (AvgIpc) is 3.27. The van der Waals surface area contributed by atoms with E-state index in [1.165, 1.54) is 44.3 Å². The Morgan fingerprint density at radius 1 is 1.05 bits per heavy atom. The van der Waals surface area contributed by atoms with Gasteiger partial charge in [0, 0.05) is 19.6 Å². The SMILES string of the molecule is O=C(O)Cc1ccccc1CN(CC1CC1)CC1CC1.